The molecule has 0 atom stereocenters. The van der Waals surface area contributed by atoms with Crippen LogP contribution in [0.3, 0.4) is 0 Å². The molecule has 0 bridgehead atoms. The number of fused-ring (bicyclic) bond motifs is 10. The molecule has 0 radical (unpaired) electrons. The molecule has 2 aromatic heterocycles. The topological polar surface area (TPSA) is 35.6 Å². The molecule has 0 saturated heterocycles. The van der Waals surface area contributed by atoms with Crippen molar-refractivity contribution in [3.05, 3.63) is 158 Å². The van der Waals surface area contributed by atoms with Gasteiger partial charge in [-0.1, -0.05) is 109 Å². The largest absolute Gasteiger partial charge is 0.309 e. The summed E-state index contributed by atoms with van der Waals surface area (Å²) in [4.78, 5) is 1.74. The molecule has 0 amide bonds. The molecule has 8 aromatic carbocycles. The van der Waals surface area contributed by atoms with E-state index in [1.807, 2.05) is 30.3 Å². The molecule has 214 valence electrons. The van der Waals surface area contributed by atoms with Gasteiger partial charge in [-0.25, -0.2) is 0 Å². The van der Waals surface area contributed by atoms with Crippen LogP contribution in [0.1, 0.15) is 0 Å². The summed E-state index contributed by atoms with van der Waals surface area (Å²) in [7, 11) is 0. The summed E-state index contributed by atoms with van der Waals surface area (Å²) in [6.07, 6.45) is 0. The average molecular weight is 587 g/mol. The van der Waals surface area contributed by atoms with E-state index in [1.165, 1.54) is 54.5 Å². The molecule has 0 aliphatic heterocycles. The van der Waals surface area contributed by atoms with E-state index < -0.39 is 0 Å². The highest BCUT2D eigenvalue weighted by Gasteiger charge is 2.15. The van der Waals surface area contributed by atoms with Gasteiger partial charge in [-0.3, -0.25) is 0 Å². The van der Waals surface area contributed by atoms with Crippen molar-refractivity contribution in [3.63, 3.8) is 0 Å². The SMILES string of the molecule is c1ccc(-n2nc3ccc4ccc5ccc(-c6ccc(-n7c8ccccc8c8c9ccccc9ccc87)cc6)cc5c4c3n2)cc1. The molecule has 4 heteroatoms. The fourth-order valence-electron chi connectivity index (χ4n) is 7.19. The van der Waals surface area contributed by atoms with Crippen LogP contribution in [0.25, 0.3) is 87.7 Å². The van der Waals surface area contributed by atoms with Crippen molar-refractivity contribution in [3.8, 4) is 22.5 Å². The maximum Gasteiger partial charge on any atom is 0.122 e. The van der Waals surface area contributed by atoms with Gasteiger partial charge in [-0.2, -0.15) is 4.80 Å². The third kappa shape index (κ3) is 3.67. The standard InChI is InChI=1S/C42H26N4/c1-2-9-33(10-3-1)46-43-37-24-20-30-16-14-29-15-17-31(26-36(29)40(30)42(37)44-46)27-18-22-32(23-19-27)45-38-13-7-6-12-35(38)41-34-11-5-4-8-28(34)21-25-39(41)45/h1-26H. The van der Waals surface area contributed by atoms with E-state index in [2.05, 4.69) is 132 Å². The van der Waals surface area contributed by atoms with Gasteiger partial charge >= 0.3 is 0 Å². The second-order valence-corrected chi connectivity index (χ2v) is 11.9. The Morgan fingerprint density at radius 1 is 0.391 bits per heavy atom. The Balaban J connectivity index is 1.13. The highest BCUT2D eigenvalue weighted by atomic mass is 15.5. The van der Waals surface area contributed by atoms with Gasteiger partial charge in [-0.05, 0) is 86.6 Å². The van der Waals surface area contributed by atoms with Gasteiger partial charge < -0.3 is 4.57 Å². The minimum atomic E-state index is 0.887. The molecule has 0 unspecified atom stereocenters. The van der Waals surface area contributed by atoms with Crippen molar-refractivity contribution >= 4 is 65.2 Å². The van der Waals surface area contributed by atoms with Crippen molar-refractivity contribution < 1.29 is 0 Å². The Morgan fingerprint density at radius 2 is 1.07 bits per heavy atom. The summed E-state index contributed by atoms with van der Waals surface area (Å²) in [5, 5.41) is 19.6. The summed E-state index contributed by atoms with van der Waals surface area (Å²) in [5.74, 6) is 0. The van der Waals surface area contributed by atoms with E-state index in [1.54, 1.807) is 4.80 Å². The molecule has 46 heavy (non-hydrogen) atoms. The number of hydrogen-bond acceptors (Lipinski definition) is 2. The van der Waals surface area contributed by atoms with Crippen molar-refractivity contribution in [1.82, 2.24) is 19.6 Å². The molecule has 0 N–H and O–H groups in total. The van der Waals surface area contributed by atoms with Gasteiger partial charge in [0.25, 0.3) is 0 Å². The Hall–Kier alpha value is -6.26. The number of rotatable bonds is 3. The molecular weight excluding hydrogens is 560 g/mol. The first-order chi connectivity index (χ1) is 22.8. The van der Waals surface area contributed by atoms with Gasteiger partial charge in [0.2, 0.25) is 0 Å². The Bertz CT molecular complexity index is 2790. The smallest absolute Gasteiger partial charge is 0.122 e. The fraction of sp³-hybridized carbons (Fsp3) is 0. The number of nitrogens with zero attached hydrogens (tertiary/aromatic N) is 4. The zero-order valence-electron chi connectivity index (χ0n) is 24.8. The Labute approximate surface area is 264 Å². The minimum absolute atomic E-state index is 0.887. The summed E-state index contributed by atoms with van der Waals surface area (Å²) in [6, 6.07) is 56.3. The lowest BCUT2D eigenvalue weighted by atomic mass is 9.96. The lowest BCUT2D eigenvalue weighted by Crippen LogP contribution is -1.97. The molecular formula is C42H26N4. The lowest BCUT2D eigenvalue weighted by molar-refractivity contribution is 0.766. The zero-order valence-corrected chi connectivity index (χ0v) is 24.8. The average Bonchev–Trinajstić information content (AvgIpc) is 3.72. The van der Waals surface area contributed by atoms with Crippen LogP contribution in [-0.2, 0) is 0 Å². The van der Waals surface area contributed by atoms with E-state index >= 15 is 0 Å². The van der Waals surface area contributed by atoms with Gasteiger partial charge in [0.1, 0.15) is 11.0 Å². The lowest BCUT2D eigenvalue weighted by Gasteiger charge is -2.11. The summed E-state index contributed by atoms with van der Waals surface area (Å²) in [6.45, 7) is 0. The first-order valence-electron chi connectivity index (χ1n) is 15.6. The molecule has 0 fully saturated rings. The second-order valence-electron chi connectivity index (χ2n) is 11.9. The second kappa shape index (κ2) is 9.62. The predicted octanol–water partition coefficient (Wildman–Crippen LogP) is 10.6. The summed E-state index contributed by atoms with van der Waals surface area (Å²) < 4.78 is 2.39. The van der Waals surface area contributed by atoms with Crippen LogP contribution in [0, 0.1) is 0 Å². The Kier molecular flexibility index (Phi) is 5.25. The number of aromatic nitrogens is 4. The number of para-hydroxylation sites is 2. The van der Waals surface area contributed by atoms with Crippen LogP contribution in [0.4, 0.5) is 0 Å². The van der Waals surface area contributed by atoms with Crippen LogP contribution in [0.15, 0.2) is 158 Å². The van der Waals surface area contributed by atoms with Crippen molar-refractivity contribution in [2.24, 2.45) is 0 Å². The molecule has 0 spiro atoms. The first-order valence-corrected chi connectivity index (χ1v) is 15.6. The summed E-state index contributed by atoms with van der Waals surface area (Å²) in [5.41, 5.74) is 8.68. The predicted molar refractivity (Wildman–Crippen MR) is 191 cm³/mol. The van der Waals surface area contributed by atoms with Gasteiger partial charge in [0.15, 0.2) is 0 Å². The number of benzene rings is 8. The molecule has 2 heterocycles. The molecule has 10 aromatic rings. The molecule has 4 nitrogen and oxygen atoms in total. The van der Waals surface area contributed by atoms with Gasteiger partial charge in [0, 0.05) is 21.8 Å². The van der Waals surface area contributed by atoms with E-state index in [-0.39, 0.29) is 0 Å². The van der Waals surface area contributed by atoms with E-state index in [9.17, 15) is 0 Å². The summed E-state index contributed by atoms with van der Waals surface area (Å²) >= 11 is 0. The molecule has 0 saturated carbocycles. The normalized spacial score (nSPS) is 11.9. The first kappa shape index (κ1) is 25.1. The monoisotopic (exact) mass is 586 g/mol. The number of hydrogen-bond donors (Lipinski definition) is 0. The zero-order chi connectivity index (χ0) is 30.2. The maximum atomic E-state index is 4.98. The van der Waals surface area contributed by atoms with Crippen LogP contribution < -0.4 is 0 Å². The van der Waals surface area contributed by atoms with Crippen molar-refractivity contribution in [1.29, 1.82) is 0 Å². The molecule has 0 aliphatic rings. The van der Waals surface area contributed by atoms with E-state index in [4.69, 9.17) is 10.2 Å². The van der Waals surface area contributed by atoms with E-state index in [0.717, 1.165) is 33.2 Å². The van der Waals surface area contributed by atoms with Gasteiger partial charge in [0.05, 0.1) is 16.7 Å². The fourth-order valence-corrected chi connectivity index (χ4v) is 7.19. The van der Waals surface area contributed by atoms with Crippen LogP contribution in [0.5, 0.6) is 0 Å². The highest BCUT2D eigenvalue weighted by molar-refractivity contribution is 6.21. The van der Waals surface area contributed by atoms with Crippen molar-refractivity contribution in [2.45, 2.75) is 0 Å². The van der Waals surface area contributed by atoms with Gasteiger partial charge in [-0.15, -0.1) is 10.2 Å². The molecule has 0 aliphatic carbocycles. The maximum absolute atomic E-state index is 4.98. The van der Waals surface area contributed by atoms with E-state index in [0.29, 0.717) is 0 Å². The third-order valence-electron chi connectivity index (χ3n) is 9.36. The van der Waals surface area contributed by atoms with Crippen LogP contribution >= 0.6 is 0 Å². The molecule has 10 rings (SSSR count). The Morgan fingerprint density at radius 3 is 1.96 bits per heavy atom. The van der Waals surface area contributed by atoms with Crippen LogP contribution in [0.2, 0.25) is 0 Å². The third-order valence-corrected chi connectivity index (χ3v) is 9.36. The van der Waals surface area contributed by atoms with Crippen LogP contribution in [-0.4, -0.2) is 19.6 Å². The minimum Gasteiger partial charge on any atom is -0.309 e. The quantitative estimate of drug-likeness (QED) is 0.193. The highest BCUT2D eigenvalue weighted by Crippen LogP contribution is 2.38. The van der Waals surface area contributed by atoms with Crippen molar-refractivity contribution in [2.75, 3.05) is 0 Å².